The van der Waals surface area contributed by atoms with Crippen LogP contribution in [0.25, 0.3) is 0 Å². The lowest BCUT2D eigenvalue weighted by Crippen LogP contribution is -2.27. The van der Waals surface area contributed by atoms with Crippen molar-refractivity contribution in [3.8, 4) is 0 Å². The Morgan fingerprint density at radius 3 is 3.05 bits per heavy atom. The summed E-state index contributed by atoms with van der Waals surface area (Å²) in [5, 5.41) is 3.05. The second kappa shape index (κ2) is 5.32. The van der Waals surface area contributed by atoms with Gasteiger partial charge in [-0.15, -0.1) is 0 Å². The molecule has 0 aromatic carbocycles. The molecule has 0 radical (unpaired) electrons. The van der Waals surface area contributed by atoms with Crippen molar-refractivity contribution < 1.29 is 4.79 Å². The highest BCUT2D eigenvalue weighted by molar-refractivity contribution is 9.10. The van der Waals surface area contributed by atoms with Gasteiger partial charge in [-0.05, 0) is 59.5 Å². The molecule has 0 spiro atoms. The number of pyridine rings is 2. The summed E-state index contributed by atoms with van der Waals surface area (Å²) in [4.78, 5) is 20.8. The number of amides is 1. The Balaban J connectivity index is 1.79. The molecule has 0 bridgehead atoms. The van der Waals surface area contributed by atoms with Gasteiger partial charge in [0.05, 0.1) is 11.7 Å². The molecule has 5 heteroatoms. The number of carbonyl (C=O) groups excluding carboxylic acids is 1. The summed E-state index contributed by atoms with van der Waals surface area (Å²) in [7, 11) is 0. The molecule has 2 aromatic heterocycles. The van der Waals surface area contributed by atoms with E-state index < -0.39 is 0 Å². The number of halogens is 1. The van der Waals surface area contributed by atoms with Crippen molar-refractivity contribution in [2.45, 2.75) is 25.8 Å². The summed E-state index contributed by atoms with van der Waals surface area (Å²) >= 11 is 3.42. The van der Waals surface area contributed by atoms with Gasteiger partial charge < -0.3 is 5.32 Å². The fourth-order valence-electron chi connectivity index (χ4n) is 2.51. The first-order chi connectivity index (χ1) is 9.63. The van der Waals surface area contributed by atoms with Crippen LogP contribution in [0.4, 0.5) is 0 Å². The van der Waals surface area contributed by atoms with Crippen LogP contribution in [0.5, 0.6) is 0 Å². The smallest absolute Gasteiger partial charge is 0.251 e. The number of rotatable bonds is 2. The van der Waals surface area contributed by atoms with E-state index in [1.807, 2.05) is 6.92 Å². The molecule has 0 saturated heterocycles. The molecule has 20 heavy (non-hydrogen) atoms. The molecule has 1 amide bonds. The molecular formula is C15H14BrN3O. The quantitative estimate of drug-likeness (QED) is 0.920. The molecule has 102 valence electrons. The number of nitrogens with zero attached hydrogens (tertiary/aromatic N) is 2. The third-order valence-corrected chi connectivity index (χ3v) is 3.90. The molecule has 1 unspecified atom stereocenters. The monoisotopic (exact) mass is 331 g/mol. The van der Waals surface area contributed by atoms with Crippen molar-refractivity contribution in [3.05, 3.63) is 57.6 Å². The standard InChI is InChI=1S/C15H14BrN3O/c1-9-6-11(4-5-17-9)15(20)19-13-3-2-10-7-12(16)8-18-14(10)13/h4-8,13H,2-3H2,1H3,(H,19,20). The van der Waals surface area contributed by atoms with Crippen LogP contribution < -0.4 is 5.32 Å². The lowest BCUT2D eigenvalue weighted by atomic mass is 10.1. The zero-order valence-electron chi connectivity index (χ0n) is 11.1. The van der Waals surface area contributed by atoms with Gasteiger partial charge in [0.1, 0.15) is 0 Å². The summed E-state index contributed by atoms with van der Waals surface area (Å²) in [5.74, 6) is -0.0712. The molecule has 0 aliphatic heterocycles. The van der Waals surface area contributed by atoms with Gasteiger partial charge in [0.2, 0.25) is 0 Å². The molecule has 4 nitrogen and oxygen atoms in total. The van der Waals surface area contributed by atoms with Crippen LogP contribution >= 0.6 is 15.9 Å². The van der Waals surface area contributed by atoms with Gasteiger partial charge in [-0.25, -0.2) is 0 Å². The van der Waals surface area contributed by atoms with E-state index in [9.17, 15) is 4.79 Å². The van der Waals surface area contributed by atoms with E-state index in [2.05, 4.69) is 37.3 Å². The maximum absolute atomic E-state index is 12.3. The largest absolute Gasteiger partial charge is 0.344 e. The number of aromatic nitrogens is 2. The first kappa shape index (κ1) is 13.2. The van der Waals surface area contributed by atoms with Crippen LogP contribution in [-0.2, 0) is 6.42 Å². The topological polar surface area (TPSA) is 54.9 Å². The summed E-state index contributed by atoms with van der Waals surface area (Å²) < 4.78 is 0.980. The molecular weight excluding hydrogens is 318 g/mol. The normalized spacial score (nSPS) is 16.8. The second-order valence-corrected chi connectivity index (χ2v) is 5.86. The Kier molecular flexibility index (Phi) is 3.53. The Labute approximate surface area is 125 Å². The minimum absolute atomic E-state index is 0.000860. The Hall–Kier alpha value is -1.75. The number of fused-ring (bicyclic) bond motifs is 1. The lowest BCUT2D eigenvalue weighted by molar-refractivity contribution is 0.0936. The SMILES string of the molecule is Cc1cc(C(=O)NC2CCc3cc(Br)cnc32)ccn1. The molecule has 1 atom stereocenters. The summed E-state index contributed by atoms with van der Waals surface area (Å²) in [5.41, 5.74) is 3.66. The fraction of sp³-hybridized carbons (Fsp3) is 0.267. The molecule has 0 fully saturated rings. The fourth-order valence-corrected chi connectivity index (χ4v) is 2.89. The average Bonchev–Trinajstić information content (AvgIpc) is 2.81. The Bertz CT molecular complexity index is 672. The summed E-state index contributed by atoms with van der Waals surface area (Å²) in [6.07, 6.45) is 5.28. The minimum Gasteiger partial charge on any atom is -0.344 e. The first-order valence-electron chi connectivity index (χ1n) is 6.51. The zero-order chi connectivity index (χ0) is 14.1. The van der Waals surface area contributed by atoms with Crippen LogP contribution in [0.15, 0.2) is 35.1 Å². The van der Waals surface area contributed by atoms with E-state index in [0.29, 0.717) is 5.56 Å². The number of carbonyl (C=O) groups is 1. The second-order valence-electron chi connectivity index (χ2n) is 4.95. The minimum atomic E-state index is -0.0712. The lowest BCUT2D eigenvalue weighted by Gasteiger charge is -2.13. The zero-order valence-corrected chi connectivity index (χ0v) is 12.6. The van der Waals surface area contributed by atoms with Crippen molar-refractivity contribution in [2.24, 2.45) is 0 Å². The highest BCUT2D eigenvalue weighted by Gasteiger charge is 2.25. The third kappa shape index (κ3) is 2.58. The number of hydrogen-bond acceptors (Lipinski definition) is 3. The summed E-state index contributed by atoms with van der Waals surface area (Å²) in [6, 6.07) is 5.59. The number of hydrogen-bond donors (Lipinski definition) is 1. The van der Waals surface area contributed by atoms with Gasteiger partial charge in [-0.3, -0.25) is 14.8 Å². The Morgan fingerprint density at radius 1 is 1.40 bits per heavy atom. The van der Waals surface area contributed by atoms with Gasteiger partial charge >= 0.3 is 0 Å². The van der Waals surface area contributed by atoms with E-state index >= 15 is 0 Å². The average molecular weight is 332 g/mol. The van der Waals surface area contributed by atoms with Crippen LogP contribution in [0.3, 0.4) is 0 Å². The highest BCUT2D eigenvalue weighted by Crippen LogP contribution is 2.31. The van der Waals surface area contributed by atoms with Crippen molar-refractivity contribution in [2.75, 3.05) is 0 Å². The third-order valence-electron chi connectivity index (χ3n) is 3.46. The first-order valence-corrected chi connectivity index (χ1v) is 7.30. The van der Waals surface area contributed by atoms with Crippen molar-refractivity contribution in [3.63, 3.8) is 0 Å². The van der Waals surface area contributed by atoms with Gasteiger partial charge in [0.25, 0.3) is 5.91 Å². The van der Waals surface area contributed by atoms with Crippen LogP contribution in [0.2, 0.25) is 0 Å². The number of nitrogens with one attached hydrogen (secondary N) is 1. The molecule has 3 rings (SSSR count). The van der Waals surface area contributed by atoms with Crippen LogP contribution in [0, 0.1) is 6.92 Å². The van der Waals surface area contributed by atoms with Gasteiger partial charge in [0.15, 0.2) is 0 Å². The molecule has 0 saturated carbocycles. The highest BCUT2D eigenvalue weighted by atomic mass is 79.9. The van der Waals surface area contributed by atoms with Crippen LogP contribution in [0.1, 0.15) is 39.8 Å². The Morgan fingerprint density at radius 2 is 2.25 bits per heavy atom. The molecule has 1 aliphatic carbocycles. The van der Waals surface area contributed by atoms with E-state index in [0.717, 1.165) is 28.7 Å². The van der Waals surface area contributed by atoms with Gasteiger partial charge in [-0.1, -0.05) is 0 Å². The van der Waals surface area contributed by atoms with Crippen molar-refractivity contribution in [1.82, 2.24) is 15.3 Å². The molecule has 2 aromatic rings. The van der Waals surface area contributed by atoms with E-state index in [4.69, 9.17) is 0 Å². The maximum atomic E-state index is 12.3. The molecule has 2 heterocycles. The predicted octanol–water partition coefficient (Wildman–Crippen LogP) is 2.96. The van der Waals surface area contributed by atoms with Gasteiger partial charge in [0, 0.05) is 28.1 Å². The van der Waals surface area contributed by atoms with E-state index in [-0.39, 0.29) is 11.9 Å². The number of aryl methyl sites for hydroxylation is 2. The predicted molar refractivity (Wildman–Crippen MR) is 79.4 cm³/mol. The summed E-state index contributed by atoms with van der Waals surface area (Å²) in [6.45, 7) is 1.88. The van der Waals surface area contributed by atoms with Crippen LogP contribution in [-0.4, -0.2) is 15.9 Å². The van der Waals surface area contributed by atoms with E-state index in [1.165, 1.54) is 5.56 Å². The maximum Gasteiger partial charge on any atom is 0.251 e. The molecule has 1 N–H and O–H groups in total. The van der Waals surface area contributed by atoms with Gasteiger partial charge in [-0.2, -0.15) is 0 Å². The van der Waals surface area contributed by atoms with E-state index in [1.54, 1.807) is 24.5 Å². The molecule has 1 aliphatic rings. The van der Waals surface area contributed by atoms with Crippen molar-refractivity contribution >= 4 is 21.8 Å². The van der Waals surface area contributed by atoms with Crippen molar-refractivity contribution in [1.29, 1.82) is 0 Å².